The molecule has 18 heavy (non-hydrogen) atoms. The molecule has 0 bridgehead atoms. The van der Waals surface area contributed by atoms with Crippen LogP contribution in [-0.4, -0.2) is 48.4 Å². The fourth-order valence-corrected chi connectivity index (χ4v) is 2.65. The van der Waals surface area contributed by atoms with Gasteiger partial charge >= 0.3 is 0 Å². The number of halogens is 3. The Morgan fingerprint density at radius 2 is 1.78 bits per heavy atom. The van der Waals surface area contributed by atoms with Gasteiger partial charge in [-0.25, -0.2) is 4.39 Å². The van der Waals surface area contributed by atoms with Crippen LogP contribution in [0.5, 0.6) is 0 Å². The van der Waals surface area contributed by atoms with E-state index >= 15 is 0 Å². The molecule has 1 fully saturated rings. The Morgan fingerprint density at radius 1 is 1.11 bits per heavy atom. The monoisotopic (exact) mass is 290 g/mol. The minimum absolute atomic E-state index is 0.282. The van der Waals surface area contributed by atoms with Crippen molar-refractivity contribution in [2.75, 3.05) is 38.6 Å². The van der Waals surface area contributed by atoms with Crippen LogP contribution in [0.2, 0.25) is 5.02 Å². The molecule has 0 unspecified atom stereocenters. The minimum Gasteiger partial charge on any atom is -0.300 e. The highest BCUT2D eigenvalue weighted by atomic mass is 35.5. The molecule has 1 aliphatic heterocycles. The Kier molecular flexibility index (Phi) is 5.25. The number of rotatable bonds is 4. The van der Waals surface area contributed by atoms with Gasteiger partial charge in [-0.1, -0.05) is 17.7 Å². The number of alkyl halides is 1. The third-order valence-electron chi connectivity index (χ3n) is 3.27. The molecular weight excluding hydrogens is 274 g/mol. The summed E-state index contributed by atoms with van der Waals surface area (Å²) in [5, 5.41) is 0.512. The van der Waals surface area contributed by atoms with E-state index in [1.165, 1.54) is 12.1 Å². The van der Waals surface area contributed by atoms with Crippen LogP contribution in [0.1, 0.15) is 5.56 Å². The van der Waals surface area contributed by atoms with Gasteiger partial charge in [0.2, 0.25) is 0 Å². The van der Waals surface area contributed by atoms with Crippen molar-refractivity contribution < 1.29 is 4.39 Å². The van der Waals surface area contributed by atoms with Crippen LogP contribution in [0.15, 0.2) is 18.2 Å². The van der Waals surface area contributed by atoms with Crippen molar-refractivity contribution in [2.24, 2.45) is 0 Å². The molecule has 2 nitrogen and oxygen atoms in total. The highest BCUT2D eigenvalue weighted by molar-refractivity contribution is 6.31. The highest BCUT2D eigenvalue weighted by Crippen LogP contribution is 2.19. The molecule has 1 saturated heterocycles. The van der Waals surface area contributed by atoms with Gasteiger partial charge in [0.1, 0.15) is 5.82 Å². The molecule has 100 valence electrons. The number of piperazine rings is 1. The summed E-state index contributed by atoms with van der Waals surface area (Å²) in [5.41, 5.74) is 0.990. The first kappa shape index (κ1) is 14.1. The normalized spacial score (nSPS) is 18.2. The lowest BCUT2D eigenvalue weighted by molar-refractivity contribution is 0.132. The zero-order valence-electron chi connectivity index (χ0n) is 10.2. The molecule has 0 aliphatic carbocycles. The zero-order chi connectivity index (χ0) is 13.0. The third-order valence-corrected chi connectivity index (χ3v) is 3.80. The first-order chi connectivity index (χ1) is 8.69. The van der Waals surface area contributed by atoms with E-state index in [9.17, 15) is 4.39 Å². The SMILES string of the molecule is Fc1ccc(CN2CCN(CCCl)CC2)c(Cl)c1. The zero-order valence-corrected chi connectivity index (χ0v) is 11.7. The molecule has 1 aromatic rings. The maximum atomic E-state index is 12.9. The average molecular weight is 291 g/mol. The summed E-state index contributed by atoms with van der Waals surface area (Å²) in [5.74, 6) is 0.403. The molecule has 0 atom stereocenters. The van der Waals surface area contributed by atoms with Gasteiger partial charge in [-0.2, -0.15) is 0 Å². The second-order valence-corrected chi connectivity index (χ2v) is 5.33. The van der Waals surface area contributed by atoms with E-state index in [-0.39, 0.29) is 5.82 Å². The van der Waals surface area contributed by atoms with Gasteiger partial charge < -0.3 is 0 Å². The predicted octanol–water partition coefficient (Wildman–Crippen LogP) is 2.84. The largest absolute Gasteiger partial charge is 0.300 e. The van der Waals surface area contributed by atoms with Crippen molar-refractivity contribution in [1.82, 2.24) is 9.80 Å². The first-order valence-corrected chi connectivity index (χ1v) is 7.05. The van der Waals surface area contributed by atoms with Crippen molar-refractivity contribution in [3.05, 3.63) is 34.6 Å². The second kappa shape index (κ2) is 6.71. The van der Waals surface area contributed by atoms with E-state index in [2.05, 4.69) is 9.80 Å². The Labute approximate surface area is 117 Å². The molecule has 0 aromatic heterocycles. The number of hydrogen-bond acceptors (Lipinski definition) is 2. The lowest BCUT2D eigenvalue weighted by Crippen LogP contribution is -2.46. The van der Waals surface area contributed by atoms with Gasteiger partial charge in [0.25, 0.3) is 0 Å². The number of nitrogens with zero attached hydrogens (tertiary/aromatic N) is 2. The van der Waals surface area contributed by atoms with Crippen LogP contribution in [0.4, 0.5) is 4.39 Å². The van der Waals surface area contributed by atoms with Crippen LogP contribution in [0, 0.1) is 5.82 Å². The van der Waals surface area contributed by atoms with Gasteiger partial charge in [0, 0.05) is 50.2 Å². The molecule has 2 rings (SSSR count). The van der Waals surface area contributed by atoms with Crippen molar-refractivity contribution in [3.8, 4) is 0 Å². The van der Waals surface area contributed by atoms with Gasteiger partial charge in [-0.3, -0.25) is 9.80 Å². The summed E-state index contributed by atoms with van der Waals surface area (Å²) >= 11 is 11.8. The lowest BCUT2D eigenvalue weighted by Gasteiger charge is -2.34. The van der Waals surface area contributed by atoms with E-state index in [0.29, 0.717) is 10.9 Å². The lowest BCUT2D eigenvalue weighted by atomic mass is 10.2. The third kappa shape index (κ3) is 3.82. The molecule has 1 aromatic carbocycles. The van der Waals surface area contributed by atoms with E-state index in [1.807, 2.05) is 0 Å². The van der Waals surface area contributed by atoms with Gasteiger partial charge in [-0.15, -0.1) is 11.6 Å². The predicted molar refractivity (Wildman–Crippen MR) is 73.8 cm³/mol. The van der Waals surface area contributed by atoms with Crippen LogP contribution in [0.3, 0.4) is 0 Å². The quantitative estimate of drug-likeness (QED) is 0.787. The van der Waals surface area contributed by atoms with E-state index in [4.69, 9.17) is 23.2 Å². The fourth-order valence-electron chi connectivity index (χ4n) is 2.18. The van der Waals surface area contributed by atoms with E-state index in [1.54, 1.807) is 6.07 Å². The van der Waals surface area contributed by atoms with Gasteiger partial charge in [-0.05, 0) is 17.7 Å². The summed E-state index contributed by atoms with van der Waals surface area (Å²) in [6.45, 7) is 5.81. The Hall–Kier alpha value is -0.350. The minimum atomic E-state index is -0.282. The highest BCUT2D eigenvalue weighted by Gasteiger charge is 2.17. The standard InChI is InChI=1S/C13H17Cl2FN2/c14-3-4-17-5-7-18(8-6-17)10-11-1-2-12(16)9-13(11)15/h1-2,9H,3-8,10H2. The molecule has 1 aliphatic rings. The average Bonchev–Trinajstić information content (AvgIpc) is 2.35. The summed E-state index contributed by atoms with van der Waals surface area (Å²) < 4.78 is 12.9. The molecule has 0 N–H and O–H groups in total. The topological polar surface area (TPSA) is 6.48 Å². The Morgan fingerprint density at radius 3 is 2.39 bits per heavy atom. The van der Waals surface area contributed by atoms with Crippen LogP contribution in [0.25, 0.3) is 0 Å². The summed E-state index contributed by atoms with van der Waals surface area (Å²) in [6.07, 6.45) is 0. The van der Waals surface area contributed by atoms with Crippen LogP contribution >= 0.6 is 23.2 Å². The fraction of sp³-hybridized carbons (Fsp3) is 0.538. The van der Waals surface area contributed by atoms with Gasteiger partial charge in [0.05, 0.1) is 0 Å². The van der Waals surface area contributed by atoms with Crippen molar-refractivity contribution in [3.63, 3.8) is 0 Å². The summed E-state index contributed by atoms with van der Waals surface area (Å²) in [7, 11) is 0. The molecule has 0 radical (unpaired) electrons. The van der Waals surface area contributed by atoms with Crippen molar-refractivity contribution in [1.29, 1.82) is 0 Å². The van der Waals surface area contributed by atoms with E-state index < -0.39 is 0 Å². The maximum absolute atomic E-state index is 12.9. The molecule has 0 amide bonds. The molecule has 0 spiro atoms. The number of hydrogen-bond donors (Lipinski definition) is 0. The van der Waals surface area contributed by atoms with E-state index in [0.717, 1.165) is 44.8 Å². The number of benzene rings is 1. The first-order valence-electron chi connectivity index (χ1n) is 6.13. The van der Waals surface area contributed by atoms with Crippen LogP contribution < -0.4 is 0 Å². The van der Waals surface area contributed by atoms with Crippen molar-refractivity contribution in [2.45, 2.75) is 6.54 Å². The molecule has 5 heteroatoms. The summed E-state index contributed by atoms with van der Waals surface area (Å²) in [6, 6.07) is 4.61. The Bertz CT molecular complexity index is 393. The molecule has 1 heterocycles. The Balaban J connectivity index is 1.87. The van der Waals surface area contributed by atoms with Crippen molar-refractivity contribution >= 4 is 23.2 Å². The molecular formula is C13H17Cl2FN2. The maximum Gasteiger partial charge on any atom is 0.124 e. The van der Waals surface area contributed by atoms with Gasteiger partial charge in [0.15, 0.2) is 0 Å². The second-order valence-electron chi connectivity index (χ2n) is 4.54. The van der Waals surface area contributed by atoms with Crippen LogP contribution in [-0.2, 0) is 6.54 Å². The summed E-state index contributed by atoms with van der Waals surface area (Å²) in [4.78, 5) is 4.69. The molecule has 0 saturated carbocycles. The smallest absolute Gasteiger partial charge is 0.124 e.